The Balaban J connectivity index is 1.05. The molecule has 5 aromatic rings. The topological polar surface area (TPSA) is 180 Å². The lowest BCUT2D eigenvalue weighted by molar-refractivity contribution is -0.0852. The summed E-state index contributed by atoms with van der Waals surface area (Å²) in [5.74, 6) is 1.83. The monoisotopic (exact) mass is 691 g/mol. The first-order chi connectivity index (χ1) is 24.9. The van der Waals surface area contributed by atoms with E-state index in [4.69, 9.17) is 19.3 Å². The second-order valence-corrected chi connectivity index (χ2v) is 13.2. The van der Waals surface area contributed by atoms with Gasteiger partial charge in [-0.2, -0.15) is 5.26 Å². The number of ether oxygens (including phenoxy) is 3. The Hall–Kier alpha value is -5.53. The van der Waals surface area contributed by atoms with Crippen LogP contribution in [0.2, 0.25) is 0 Å². The van der Waals surface area contributed by atoms with Crippen LogP contribution in [-0.4, -0.2) is 92.3 Å². The number of rotatable bonds is 12. The summed E-state index contributed by atoms with van der Waals surface area (Å²) in [6.07, 6.45) is 14.8. The van der Waals surface area contributed by atoms with Crippen molar-refractivity contribution in [3.8, 4) is 28.8 Å². The minimum Gasteiger partial charge on any atom is -0.487 e. The van der Waals surface area contributed by atoms with Gasteiger partial charge in [0.15, 0.2) is 5.82 Å². The Kier molecular flexibility index (Phi) is 10.4. The van der Waals surface area contributed by atoms with E-state index in [0.29, 0.717) is 47.2 Å². The summed E-state index contributed by atoms with van der Waals surface area (Å²) in [4.78, 5) is 20.4. The maximum absolute atomic E-state index is 9.69. The molecule has 1 aliphatic carbocycles. The Morgan fingerprint density at radius 3 is 2.45 bits per heavy atom. The van der Waals surface area contributed by atoms with Crippen LogP contribution in [0.1, 0.15) is 63.9 Å². The number of morpholine rings is 1. The van der Waals surface area contributed by atoms with Gasteiger partial charge in [-0.25, -0.2) is 24.6 Å². The zero-order valence-electron chi connectivity index (χ0n) is 28.9. The molecule has 16 nitrogen and oxygen atoms in total. The summed E-state index contributed by atoms with van der Waals surface area (Å²) in [6, 6.07) is 10.2. The van der Waals surface area contributed by atoms with Crippen LogP contribution in [0, 0.1) is 11.3 Å². The molecule has 51 heavy (non-hydrogen) atoms. The van der Waals surface area contributed by atoms with Crippen molar-refractivity contribution in [1.29, 1.82) is 5.26 Å². The van der Waals surface area contributed by atoms with Gasteiger partial charge in [-0.15, -0.1) is 10.2 Å². The highest BCUT2D eigenvalue weighted by Crippen LogP contribution is 2.36. The van der Waals surface area contributed by atoms with E-state index in [9.17, 15) is 5.26 Å². The smallest absolute Gasteiger partial charge is 0.257 e. The average molecular weight is 692 g/mol. The standard InChI is InChI=1S/C35H41N13O3/c1-23-17-46(18-24(2)50-23)29-7-9-30(10-8-29)48-20-31(34(43-48)49-21-33-37-11-4-12-38-33)42-35-39-15-28(16-40-35)26-5-6-27(14-36)32(13-26)51-25(3)19-47-22-41-44-45-47/h4-6,11-13,15-16,20,22-25,29-30H,7-10,17-19,21H2,1-3H3,(H,39,40,42)/t23-,24+,25-,29?,30?/m0/s1. The first-order valence-corrected chi connectivity index (χ1v) is 17.3. The Bertz CT molecular complexity index is 1900. The van der Waals surface area contributed by atoms with Crippen molar-refractivity contribution in [2.24, 2.45) is 0 Å². The number of anilines is 2. The van der Waals surface area contributed by atoms with E-state index in [-0.39, 0.29) is 31.0 Å². The molecule has 1 saturated carbocycles. The molecule has 2 fully saturated rings. The van der Waals surface area contributed by atoms with Gasteiger partial charge in [-0.05, 0) is 80.6 Å². The third-order valence-electron chi connectivity index (χ3n) is 9.16. The Morgan fingerprint density at radius 1 is 1.00 bits per heavy atom. The fraction of sp³-hybridized carbons (Fsp3) is 0.457. The van der Waals surface area contributed by atoms with Crippen molar-refractivity contribution in [3.63, 3.8) is 0 Å². The number of nitrogens with one attached hydrogen (secondary N) is 1. The second-order valence-electron chi connectivity index (χ2n) is 13.2. The van der Waals surface area contributed by atoms with E-state index in [0.717, 1.165) is 49.9 Å². The van der Waals surface area contributed by atoms with E-state index in [1.54, 1.807) is 41.6 Å². The maximum Gasteiger partial charge on any atom is 0.257 e. The molecule has 1 aromatic carbocycles. The summed E-state index contributed by atoms with van der Waals surface area (Å²) in [7, 11) is 0. The largest absolute Gasteiger partial charge is 0.487 e. The minimum atomic E-state index is -0.281. The van der Waals surface area contributed by atoms with Gasteiger partial charge in [0, 0.05) is 49.5 Å². The summed E-state index contributed by atoms with van der Waals surface area (Å²) in [6.45, 7) is 8.78. The van der Waals surface area contributed by atoms with E-state index in [2.05, 4.69) is 65.6 Å². The van der Waals surface area contributed by atoms with Crippen LogP contribution in [0.4, 0.5) is 11.6 Å². The highest BCUT2D eigenvalue weighted by molar-refractivity contribution is 5.67. The number of hydrogen-bond donors (Lipinski definition) is 1. The summed E-state index contributed by atoms with van der Waals surface area (Å²) < 4.78 is 21.8. The molecule has 1 aliphatic heterocycles. The van der Waals surface area contributed by atoms with Crippen molar-refractivity contribution >= 4 is 11.6 Å². The van der Waals surface area contributed by atoms with Gasteiger partial charge in [0.05, 0.1) is 36.6 Å². The number of tetrazole rings is 1. The van der Waals surface area contributed by atoms with Crippen molar-refractivity contribution in [1.82, 2.24) is 54.8 Å². The molecule has 1 N–H and O–H groups in total. The molecular weight excluding hydrogens is 650 g/mol. The van der Waals surface area contributed by atoms with Crippen LogP contribution in [-0.2, 0) is 17.9 Å². The number of benzene rings is 1. The second kappa shape index (κ2) is 15.6. The van der Waals surface area contributed by atoms with Crippen molar-refractivity contribution in [2.45, 2.75) is 90.0 Å². The van der Waals surface area contributed by atoms with Crippen LogP contribution in [0.25, 0.3) is 11.1 Å². The molecule has 3 atom stereocenters. The Morgan fingerprint density at radius 2 is 1.75 bits per heavy atom. The zero-order valence-corrected chi connectivity index (χ0v) is 28.9. The van der Waals surface area contributed by atoms with Crippen molar-refractivity contribution in [2.75, 3.05) is 18.4 Å². The number of nitriles is 1. The molecule has 264 valence electrons. The van der Waals surface area contributed by atoms with E-state index in [1.807, 2.05) is 29.9 Å². The van der Waals surface area contributed by atoms with Gasteiger partial charge in [0.2, 0.25) is 5.95 Å². The summed E-state index contributed by atoms with van der Waals surface area (Å²) in [5.41, 5.74) is 2.65. The van der Waals surface area contributed by atoms with Crippen LogP contribution in [0.5, 0.6) is 11.6 Å². The van der Waals surface area contributed by atoms with Crippen LogP contribution in [0.15, 0.2) is 61.6 Å². The lowest BCUT2D eigenvalue weighted by Gasteiger charge is -2.42. The first-order valence-electron chi connectivity index (χ1n) is 17.3. The predicted molar refractivity (Wildman–Crippen MR) is 185 cm³/mol. The number of hydrogen-bond acceptors (Lipinski definition) is 14. The number of nitrogens with zero attached hydrogens (tertiary/aromatic N) is 12. The van der Waals surface area contributed by atoms with Crippen LogP contribution >= 0.6 is 0 Å². The van der Waals surface area contributed by atoms with Gasteiger partial charge < -0.3 is 19.5 Å². The van der Waals surface area contributed by atoms with Gasteiger partial charge in [-0.3, -0.25) is 9.58 Å². The number of aromatic nitrogens is 10. The van der Waals surface area contributed by atoms with Crippen LogP contribution < -0.4 is 14.8 Å². The molecule has 2 aliphatic rings. The fourth-order valence-corrected chi connectivity index (χ4v) is 6.83. The summed E-state index contributed by atoms with van der Waals surface area (Å²) >= 11 is 0. The Labute approximate surface area is 295 Å². The van der Waals surface area contributed by atoms with Gasteiger partial charge in [0.25, 0.3) is 5.88 Å². The lowest BCUT2D eigenvalue weighted by atomic mass is 9.89. The van der Waals surface area contributed by atoms with Crippen molar-refractivity contribution < 1.29 is 14.2 Å². The predicted octanol–water partition coefficient (Wildman–Crippen LogP) is 4.37. The molecule has 0 radical (unpaired) electrons. The van der Waals surface area contributed by atoms with Gasteiger partial charge in [0.1, 0.15) is 36.5 Å². The molecule has 0 bridgehead atoms. The van der Waals surface area contributed by atoms with Crippen molar-refractivity contribution in [3.05, 3.63) is 73.0 Å². The third-order valence-corrected chi connectivity index (χ3v) is 9.16. The van der Waals surface area contributed by atoms with Gasteiger partial charge in [-0.1, -0.05) is 6.07 Å². The quantitative estimate of drug-likeness (QED) is 0.195. The molecule has 5 heterocycles. The van der Waals surface area contributed by atoms with E-state index in [1.165, 1.54) is 6.33 Å². The highest BCUT2D eigenvalue weighted by Gasteiger charge is 2.32. The molecule has 16 heteroatoms. The molecule has 0 unspecified atom stereocenters. The third kappa shape index (κ3) is 8.44. The lowest BCUT2D eigenvalue weighted by Crippen LogP contribution is -2.51. The molecule has 1 saturated heterocycles. The molecule has 4 aromatic heterocycles. The minimum absolute atomic E-state index is 0.171. The average Bonchev–Trinajstić information content (AvgIpc) is 3.81. The van der Waals surface area contributed by atoms with Crippen LogP contribution in [0.3, 0.4) is 0 Å². The zero-order chi connectivity index (χ0) is 35.2. The van der Waals surface area contributed by atoms with E-state index < -0.39 is 0 Å². The van der Waals surface area contributed by atoms with Gasteiger partial charge >= 0.3 is 0 Å². The molecular formula is C35H41N13O3. The molecule has 0 amide bonds. The maximum atomic E-state index is 9.69. The SMILES string of the molecule is C[C@@H]1CN(C2CCC(n3cc(Nc4ncc(-c5ccc(C#N)c(O[C@@H](C)Cn6cnnn6)c5)cn4)c(OCc4ncccn4)n3)CC2)C[C@H](C)O1. The molecule has 0 spiro atoms. The fourth-order valence-electron chi connectivity index (χ4n) is 6.83. The summed E-state index contributed by atoms with van der Waals surface area (Å²) in [5, 5.41) is 29.1. The normalized spacial score (nSPS) is 21.5. The highest BCUT2D eigenvalue weighted by atomic mass is 16.5. The van der Waals surface area contributed by atoms with E-state index >= 15 is 0 Å². The molecule has 7 rings (SSSR count). The first kappa shape index (κ1) is 33.9.